The largest absolute Gasteiger partial charge is 0.398 e. The number of aryl methyl sites for hydroxylation is 1. The summed E-state index contributed by atoms with van der Waals surface area (Å²) >= 11 is 6.98. The molecule has 1 aromatic heterocycles. The first kappa shape index (κ1) is 32.0. The van der Waals surface area contributed by atoms with Crippen LogP contribution in [0, 0.1) is 24.7 Å². The van der Waals surface area contributed by atoms with Crippen LogP contribution in [-0.2, 0) is 4.79 Å². The predicted octanol–water partition coefficient (Wildman–Crippen LogP) is 5.06. The number of nitrogens with one attached hydrogen (secondary N) is 1. The van der Waals surface area contributed by atoms with Gasteiger partial charge in [0.1, 0.15) is 0 Å². The van der Waals surface area contributed by atoms with Gasteiger partial charge >= 0.3 is 0 Å². The Hall–Kier alpha value is -2.88. The first-order valence-corrected chi connectivity index (χ1v) is 15.5. The highest BCUT2D eigenvalue weighted by Gasteiger charge is 2.54. The van der Waals surface area contributed by atoms with Crippen molar-refractivity contribution in [2.45, 2.75) is 79.0 Å². The second-order valence-electron chi connectivity index (χ2n) is 12.8. The van der Waals surface area contributed by atoms with Gasteiger partial charge in [0.05, 0.1) is 16.7 Å². The highest BCUT2D eigenvalue weighted by molar-refractivity contribution is 6.35. The fraction of sp³-hybridized carbons (Fsp3) is 0.594. The molecule has 3 aliphatic rings. The van der Waals surface area contributed by atoms with Crippen molar-refractivity contribution in [2.75, 3.05) is 49.9 Å². The lowest BCUT2D eigenvalue weighted by Gasteiger charge is -2.58. The van der Waals surface area contributed by atoms with Gasteiger partial charge in [0.15, 0.2) is 5.82 Å². The van der Waals surface area contributed by atoms with Gasteiger partial charge in [0.2, 0.25) is 5.91 Å². The van der Waals surface area contributed by atoms with E-state index in [0.29, 0.717) is 22.8 Å². The fourth-order valence-corrected chi connectivity index (χ4v) is 7.30. The van der Waals surface area contributed by atoms with E-state index in [9.17, 15) is 9.90 Å². The minimum absolute atomic E-state index is 0.00233. The molecule has 3 fully saturated rings. The van der Waals surface area contributed by atoms with Crippen LogP contribution in [0.2, 0.25) is 5.02 Å². The molecule has 5 rings (SSSR count). The number of amides is 1. The van der Waals surface area contributed by atoms with Gasteiger partial charge in [-0.05, 0) is 65.2 Å². The number of hydrogen-bond acceptors (Lipinski definition) is 7. The number of carbonyl (C=O) groups excluding carboxylic acids is 1. The van der Waals surface area contributed by atoms with Crippen molar-refractivity contribution >= 4 is 35.2 Å². The van der Waals surface area contributed by atoms with Crippen LogP contribution in [0.25, 0.3) is 11.1 Å². The SMILES string of the molecule is C=CC(=O)N1CC2(CC(n3nc(N4CCN(CC(C)(C)O)CC4C)c(-c4c(Cl)c(C)cc(N)c4C=N)c3C)C2)C1.CC. The van der Waals surface area contributed by atoms with Crippen molar-refractivity contribution in [3.8, 4) is 11.1 Å². The number of anilines is 2. The van der Waals surface area contributed by atoms with Crippen LogP contribution in [0.1, 0.15) is 70.3 Å². The van der Waals surface area contributed by atoms with Gasteiger partial charge in [0.25, 0.3) is 0 Å². The van der Waals surface area contributed by atoms with E-state index in [1.807, 2.05) is 45.6 Å². The van der Waals surface area contributed by atoms with E-state index >= 15 is 0 Å². The van der Waals surface area contributed by atoms with Crippen LogP contribution in [0.4, 0.5) is 11.5 Å². The van der Waals surface area contributed by atoms with Crippen LogP contribution in [0.5, 0.6) is 0 Å². The Kier molecular flexibility index (Phi) is 9.17. The lowest BCUT2D eigenvalue weighted by Crippen LogP contribution is -2.63. The summed E-state index contributed by atoms with van der Waals surface area (Å²) in [7, 11) is 0. The number of aliphatic hydroxyl groups is 1. The van der Waals surface area contributed by atoms with Crippen LogP contribution >= 0.6 is 11.6 Å². The molecule has 0 bridgehead atoms. The first-order chi connectivity index (χ1) is 19.8. The predicted molar refractivity (Wildman–Crippen MR) is 173 cm³/mol. The van der Waals surface area contributed by atoms with E-state index in [1.54, 1.807) is 0 Å². The molecule has 1 aromatic carbocycles. The number of nitrogens with zero attached hydrogens (tertiary/aromatic N) is 5. The van der Waals surface area contributed by atoms with Gasteiger partial charge in [-0.2, -0.15) is 5.10 Å². The molecule has 42 heavy (non-hydrogen) atoms. The Balaban J connectivity index is 0.00000198. The van der Waals surface area contributed by atoms with Crippen molar-refractivity contribution in [1.29, 1.82) is 5.41 Å². The lowest BCUT2D eigenvalue weighted by atomic mass is 9.60. The average molecular weight is 598 g/mol. The van der Waals surface area contributed by atoms with Crippen molar-refractivity contribution in [1.82, 2.24) is 19.6 Å². The minimum atomic E-state index is -0.760. The van der Waals surface area contributed by atoms with Crippen LogP contribution in [0.3, 0.4) is 0 Å². The minimum Gasteiger partial charge on any atom is -0.398 e. The number of β-amino-alcohol motifs (C(OH)–C–C–N with tert-alkyl or cyclic N) is 1. The van der Waals surface area contributed by atoms with Crippen molar-refractivity contribution < 1.29 is 9.90 Å². The summed E-state index contributed by atoms with van der Waals surface area (Å²) in [6, 6.07) is 2.20. The monoisotopic (exact) mass is 597 g/mol. The van der Waals surface area contributed by atoms with Crippen molar-refractivity contribution in [3.63, 3.8) is 0 Å². The molecule has 9 nitrogen and oxygen atoms in total. The third-order valence-electron chi connectivity index (χ3n) is 8.86. The van der Waals surface area contributed by atoms with E-state index in [0.717, 1.165) is 73.8 Å². The maximum atomic E-state index is 12.0. The van der Waals surface area contributed by atoms with E-state index in [1.165, 1.54) is 12.3 Å². The number of benzene rings is 1. The molecule has 230 valence electrons. The van der Waals surface area contributed by atoms with E-state index in [2.05, 4.69) is 34.9 Å². The molecule has 0 radical (unpaired) electrons. The summed E-state index contributed by atoms with van der Waals surface area (Å²) in [6.07, 6.45) is 4.61. The smallest absolute Gasteiger partial charge is 0.245 e. The summed E-state index contributed by atoms with van der Waals surface area (Å²) < 4.78 is 2.15. The van der Waals surface area contributed by atoms with Gasteiger partial charge in [-0.25, -0.2) is 0 Å². The van der Waals surface area contributed by atoms with Crippen LogP contribution in [-0.4, -0.2) is 87.7 Å². The van der Waals surface area contributed by atoms with Gasteiger partial charge in [-0.3, -0.25) is 14.4 Å². The standard InChI is InChI=1S/C30H42ClN7O2.C2H6/c1-7-24(39)36-16-30(17-36)11-21(12-30)38-20(4)25(26-22(13-32)23(33)10-18(2)27(26)31)28(34-38)37-9-8-35(14-19(37)3)15-29(5,6)40;1-2/h7,10,13,19,21,32,40H,1,8-9,11-12,14-17,33H2,2-6H3;1-2H3. The molecule has 10 heteroatoms. The molecular formula is C32H48ClN7O2. The molecule has 2 aliphatic heterocycles. The summed E-state index contributed by atoms with van der Waals surface area (Å²) in [5.74, 6) is 0.860. The number of piperazine rings is 1. The molecule has 2 saturated heterocycles. The highest BCUT2D eigenvalue weighted by Crippen LogP contribution is 2.55. The summed E-state index contributed by atoms with van der Waals surface area (Å²) in [4.78, 5) is 18.5. The zero-order chi connectivity index (χ0) is 31.1. The fourth-order valence-electron chi connectivity index (χ4n) is 7.04. The second-order valence-corrected chi connectivity index (χ2v) is 13.2. The van der Waals surface area contributed by atoms with Gasteiger partial charge in [-0.1, -0.05) is 32.0 Å². The number of aromatic nitrogens is 2. The zero-order valence-corrected chi connectivity index (χ0v) is 27.1. The van der Waals surface area contributed by atoms with Gasteiger partial charge in [0, 0.05) is 85.0 Å². The Labute approximate surface area is 255 Å². The molecule has 2 aromatic rings. The molecule has 4 N–H and O–H groups in total. The molecule has 1 atom stereocenters. The summed E-state index contributed by atoms with van der Waals surface area (Å²) in [6.45, 7) is 22.0. The van der Waals surface area contributed by atoms with Crippen molar-refractivity contribution in [3.05, 3.63) is 40.6 Å². The maximum absolute atomic E-state index is 12.0. The number of nitrogen functional groups attached to an aromatic ring is 1. The summed E-state index contributed by atoms with van der Waals surface area (Å²) in [5, 5.41) is 24.4. The first-order valence-electron chi connectivity index (χ1n) is 15.1. The van der Waals surface area contributed by atoms with E-state index in [4.69, 9.17) is 27.8 Å². The highest BCUT2D eigenvalue weighted by atomic mass is 35.5. The second kappa shape index (κ2) is 12.0. The molecule has 1 saturated carbocycles. The average Bonchev–Trinajstić information content (AvgIpc) is 3.20. The van der Waals surface area contributed by atoms with Gasteiger partial charge in [-0.15, -0.1) is 0 Å². The quantitative estimate of drug-likeness (QED) is 0.234. The number of hydrogen-bond donors (Lipinski definition) is 3. The number of halogens is 1. The number of carbonyl (C=O) groups is 1. The third kappa shape index (κ3) is 5.83. The number of likely N-dealkylation sites (tertiary alicyclic amines) is 1. The van der Waals surface area contributed by atoms with E-state index < -0.39 is 5.60 Å². The maximum Gasteiger partial charge on any atom is 0.245 e. The van der Waals surface area contributed by atoms with Crippen LogP contribution < -0.4 is 10.6 Å². The topological polar surface area (TPSA) is 115 Å². The molecule has 3 heterocycles. The van der Waals surface area contributed by atoms with Crippen molar-refractivity contribution in [2.24, 2.45) is 5.41 Å². The zero-order valence-electron chi connectivity index (χ0n) is 26.3. The molecular weight excluding hydrogens is 550 g/mol. The van der Waals surface area contributed by atoms with Gasteiger partial charge < -0.3 is 26.0 Å². The van der Waals surface area contributed by atoms with Crippen LogP contribution in [0.15, 0.2) is 18.7 Å². The number of rotatable bonds is 7. The third-order valence-corrected chi connectivity index (χ3v) is 9.35. The molecule has 1 spiro atoms. The Morgan fingerprint density at radius 2 is 1.90 bits per heavy atom. The molecule has 1 amide bonds. The Morgan fingerprint density at radius 1 is 1.26 bits per heavy atom. The lowest BCUT2D eigenvalue weighted by molar-refractivity contribution is -0.149. The Bertz CT molecular complexity index is 1350. The number of nitrogens with two attached hydrogens (primary N) is 1. The van der Waals surface area contributed by atoms with E-state index in [-0.39, 0.29) is 23.4 Å². The summed E-state index contributed by atoms with van der Waals surface area (Å²) in [5.41, 5.74) is 10.5. The molecule has 1 aliphatic carbocycles. The molecule has 1 unspecified atom stereocenters. The Morgan fingerprint density at radius 3 is 2.45 bits per heavy atom. The normalized spacial score (nSPS) is 20.5.